The molecule has 0 saturated heterocycles. The van der Waals surface area contributed by atoms with Gasteiger partial charge in [0.1, 0.15) is 6.61 Å². The van der Waals surface area contributed by atoms with E-state index in [1.807, 2.05) is 19.0 Å². The first-order valence-corrected chi connectivity index (χ1v) is 4.85. The Hall–Kier alpha value is -1.82. The Balaban J connectivity index is 2.61. The van der Waals surface area contributed by atoms with E-state index in [9.17, 15) is 0 Å². The SMILES string of the molecule is CN(C)CCOc1cc(/C(N)=N/O)ccn1. The zero-order chi connectivity index (χ0) is 12.0. The van der Waals surface area contributed by atoms with Gasteiger partial charge in [0, 0.05) is 24.4 Å². The fourth-order valence-corrected chi connectivity index (χ4v) is 1.04. The van der Waals surface area contributed by atoms with Gasteiger partial charge in [0.25, 0.3) is 0 Å². The van der Waals surface area contributed by atoms with Gasteiger partial charge in [0.15, 0.2) is 5.84 Å². The summed E-state index contributed by atoms with van der Waals surface area (Å²) in [7, 11) is 3.92. The van der Waals surface area contributed by atoms with Crippen LogP contribution in [-0.2, 0) is 0 Å². The Morgan fingerprint density at radius 2 is 2.38 bits per heavy atom. The largest absolute Gasteiger partial charge is 0.476 e. The molecular weight excluding hydrogens is 208 g/mol. The number of ether oxygens (including phenoxy) is 1. The Labute approximate surface area is 94.3 Å². The molecule has 1 rings (SSSR count). The molecule has 0 unspecified atom stereocenters. The first-order valence-electron chi connectivity index (χ1n) is 4.85. The number of oxime groups is 1. The molecule has 88 valence electrons. The van der Waals surface area contributed by atoms with Crippen molar-refractivity contribution in [1.29, 1.82) is 0 Å². The fourth-order valence-electron chi connectivity index (χ4n) is 1.04. The number of aromatic nitrogens is 1. The maximum absolute atomic E-state index is 8.52. The van der Waals surface area contributed by atoms with Gasteiger partial charge >= 0.3 is 0 Å². The highest BCUT2D eigenvalue weighted by molar-refractivity contribution is 5.97. The van der Waals surface area contributed by atoms with Crippen LogP contribution in [0.2, 0.25) is 0 Å². The quantitative estimate of drug-likeness (QED) is 0.321. The van der Waals surface area contributed by atoms with E-state index in [0.29, 0.717) is 18.1 Å². The minimum absolute atomic E-state index is 0.0415. The van der Waals surface area contributed by atoms with Crippen molar-refractivity contribution in [2.75, 3.05) is 27.2 Å². The van der Waals surface area contributed by atoms with E-state index >= 15 is 0 Å². The smallest absolute Gasteiger partial charge is 0.213 e. The predicted octanol–water partition coefficient (Wildman–Crippen LogP) is 0.116. The van der Waals surface area contributed by atoms with E-state index in [0.717, 1.165) is 6.54 Å². The summed E-state index contributed by atoms with van der Waals surface area (Å²) in [4.78, 5) is 6.03. The molecule has 16 heavy (non-hydrogen) atoms. The maximum Gasteiger partial charge on any atom is 0.213 e. The summed E-state index contributed by atoms with van der Waals surface area (Å²) in [5.41, 5.74) is 6.03. The molecule has 6 heteroatoms. The van der Waals surface area contributed by atoms with E-state index in [2.05, 4.69) is 10.1 Å². The number of pyridine rings is 1. The van der Waals surface area contributed by atoms with E-state index < -0.39 is 0 Å². The third-order valence-electron chi connectivity index (χ3n) is 1.93. The lowest BCUT2D eigenvalue weighted by molar-refractivity contribution is 0.254. The first kappa shape index (κ1) is 12.3. The maximum atomic E-state index is 8.52. The molecule has 3 N–H and O–H groups in total. The molecule has 0 bridgehead atoms. The third-order valence-corrected chi connectivity index (χ3v) is 1.93. The standard InChI is InChI=1S/C10H16N4O2/c1-14(2)5-6-16-9-7-8(3-4-12-9)10(11)13-15/h3-4,7,15H,5-6H2,1-2H3,(H2,11,13). The molecule has 0 radical (unpaired) electrons. The summed E-state index contributed by atoms with van der Waals surface area (Å²) in [5, 5.41) is 11.4. The summed E-state index contributed by atoms with van der Waals surface area (Å²) in [6.07, 6.45) is 1.55. The zero-order valence-corrected chi connectivity index (χ0v) is 9.42. The molecule has 0 aromatic carbocycles. The van der Waals surface area contributed by atoms with Gasteiger partial charge in [-0.1, -0.05) is 5.16 Å². The van der Waals surface area contributed by atoms with Crippen molar-refractivity contribution in [2.45, 2.75) is 0 Å². The molecule has 0 amide bonds. The van der Waals surface area contributed by atoms with Gasteiger partial charge in [-0.3, -0.25) is 0 Å². The van der Waals surface area contributed by atoms with Crippen molar-refractivity contribution in [1.82, 2.24) is 9.88 Å². The number of nitrogens with zero attached hydrogens (tertiary/aromatic N) is 3. The highest BCUT2D eigenvalue weighted by Gasteiger charge is 2.02. The van der Waals surface area contributed by atoms with Crippen molar-refractivity contribution >= 4 is 5.84 Å². The minimum Gasteiger partial charge on any atom is -0.476 e. The van der Waals surface area contributed by atoms with E-state index in [-0.39, 0.29) is 5.84 Å². The highest BCUT2D eigenvalue weighted by Crippen LogP contribution is 2.08. The Kier molecular flexibility index (Phi) is 4.53. The third kappa shape index (κ3) is 3.74. The molecular formula is C10H16N4O2. The minimum atomic E-state index is 0.0415. The summed E-state index contributed by atoms with van der Waals surface area (Å²) < 4.78 is 5.41. The number of hydrogen-bond acceptors (Lipinski definition) is 5. The molecule has 6 nitrogen and oxygen atoms in total. The van der Waals surface area contributed by atoms with E-state index in [1.54, 1.807) is 18.3 Å². The average Bonchev–Trinajstić information content (AvgIpc) is 2.28. The van der Waals surface area contributed by atoms with Gasteiger partial charge < -0.3 is 20.6 Å². The van der Waals surface area contributed by atoms with Crippen LogP contribution in [0, 0.1) is 0 Å². The second-order valence-electron chi connectivity index (χ2n) is 3.52. The zero-order valence-electron chi connectivity index (χ0n) is 9.42. The normalized spacial score (nSPS) is 11.8. The molecule has 1 heterocycles. The Morgan fingerprint density at radius 3 is 3.00 bits per heavy atom. The molecule has 0 atom stereocenters. The fraction of sp³-hybridized carbons (Fsp3) is 0.400. The summed E-state index contributed by atoms with van der Waals surface area (Å²) in [5.74, 6) is 0.505. The molecule has 0 saturated carbocycles. The van der Waals surface area contributed by atoms with Crippen molar-refractivity contribution in [2.24, 2.45) is 10.9 Å². The van der Waals surface area contributed by atoms with Gasteiger partial charge in [0.2, 0.25) is 5.88 Å². The van der Waals surface area contributed by atoms with Crippen molar-refractivity contribution in [3.05, 3.63) is 23.9 Å². The summed E-state index contributed by atoms with van der Waals surface area (Å²) >= 11 is 0. The molecule has 0 aliphatic heterocycles. The summed E-state index contributed by atoms with van der Waals surface area (Å²) in [6.45, 7) is 1.34. The van der Waals surface area contributed by atoms with Crippen LogP contribution in [0.3, 0.4) is 0 Å². The highest BCUT2D eigenvalue weighted by atomic mass is 16.5. The van der Waals surface area contributed by atoms with Gasteiger partial charge in [-0.15, -0.1) is 0 Å². The van der Waals surface area contributed by atoms with Crippen LogP contribution in [0.5, 0.6) is 5.88 Å². The Bertz CT molecular complexity index is 366. The molecule has 0 spiro atoms. The average molecular weight is 224 g/mol. The lowest BCUT2D eigenvalue weighted by Gasteiger charge is -2.10. The van der Waals surface area contributed by atoms with Crippen LogP contribution < -0.4 is 10.5 Å². The van der Waals surface area contributed by atoms with Gasteiger partial charge in [0.05, 0.1) is 0 Å². The number of nitrogens with two attached hydrogens (primary N) is 1. The molecule has 1 aromatic heterocycles. The van der Waals surface area contributed by atoms with Crippen LogP contribution in [-0.4, -0.2) is 48.2 Å². The number of rotatable bonds is 5. The molecule has 0 aliphatic carbocycles. The van der Waals surface area contributed by atoms with Crippen molar-refractivity contribution in [3.63, 3.8) is 0 Å². The van der Waals surface area contributed by atoms with Crippen molar-refractivity contribution in [3.8, 4) is 5.88 Å². The van der Waals surface area contributed by atoms with Gasteiger partial charge in [-0.2, -0.15) is 0 Å². The van der Waals surface area contributed by atoms with E-state index in [1.165, 1.54) is 0 Å². The van der Waals surface area contributed by atoms with Crippen molar-refractivity contribution < 1.29 is 9.94 Å². The van der Waals surface area contributed by atoms with Crippen LogP contribution in [0.4, 0.5) is 0 Å². The summed E-state index contributed by atoms with van der Waals surface area (Å²) in [6, 6.07) is 3.28. The molecule has 0 aliphatic rings. The second-order valence-corrected chi connectivity index (χ2v) is 3.52. The lowest BCUT2D eigenvalue weighted by Crippen LogP contribution is -2.20. The number of amidine groups is 1. The number of likely N-dealkylation sites (N-methyl/N-ethyl adjacent to an activating group) is 1. The second kappa shape index (κ2) is 5.92. The lowest BCUT2D eigenvalue weighted by atomic mass is 10.2. The first-order chi connectivity index (χ1) is 7.63. The van der Waals surface area contributed by atoms with Crippen LogP contribution >= 0.6 is 0 Å². The van der Waals surface area contributed by atoms with Crippen LogP contribution in [0.1, 0.15) is 5.56 Å². The Morgan fingerprint density at radius 1 is 1.62 bits per heavy atom. The molecule has 1 aromatic rings. The predicted molar refractivity (Wildman–Crippen MR) is 60.8 cm³/mol. The monoisotopic (exact) mass is 224 g/mol. The number of hydrogen-bond donors (Lipinski definition) is 2. The van der Waals surface area contributed by atoms with Gasteiger partial charge in [-0.25, -0.2) is 4.98 Å². The molecule has 0 fully saturated rings. The topological polar surface area (TPSA) is 84.0 Å². The van der Waals surface area contributed by atoms with Crippen LogP contribution in [0.25, 0.3) is 0 Å². The van der Waals surface area contributed by atoms with Crippen LogP contribution in [0.15, 0.2) is 23.5 Å². The van der Waals surface area contributed by atoms with Gasteiger partial charge in [-0.05, 0) is 20.2 Å². The van der Waals surface area contributed by atoms with E-state index in [4.69, 9.17) is 15.7 Å².